The van der Waals surface area contributed by atoms with E-state index in [1.807, 2.05) is 0 Å². The maximum absolute atomic E-state index is 13.0. The maximum Gasteiger partial charge on any atom is 0.472 e. The molecule has 0 saturated carbocycles. The summed E-state index contributed by atoms with van der Waals surface area (Å²) in [6, 6.07) is 0. The van der Waals surface area contributed by atoms with Gasteiger partial charge in [0.2, 0.25) is 0 Å². The third kappa shape index (κ3) is 62.8. The molecule has 0 aromatic carbocycles. The molecule has 19 heteroatoms. The average Bonchev–Trinajstić information content (AvgIpc) is 3.67. The molecule has 522 valence electrons. The molecule has 0 saturated heterocycles. The van der Waals surface area contributed by atoms with Crippen LogP contribution in [0.5, 0.6) is 0 Å². The Hall–Kier alpha value is -1.94. The van der Waals surface area contributed by atoms with Gasteiger partial charge >= 0.3 is 39.5 Å². The number of ether oxygens (including phenoxy) is 4. The van der Waals surface area contributed by atoms with E-state index >= 15 is 0 Å². The van der Waals surface area contributed by atoms with Gasteiger partial charge in [0.05, 0.1) is 26.4 Å². The molecular weight excluding hydrogens is 1160 g/mol. The molecule has 0 fully saturated rings. The van der Waals surface area contributed by atoms with Crippen molar-refractivity contribution in [3.05, 3.63) is 0 Å². The molecule has 0 aliphatic rings. The third-order valence-electron chi connectivity index (χ3n) is 15.8. The van der Waals surface area contributed by atoms with Crippen molar-refractivity contribution in [2.24, 2.45) is 23.7 Å². The van der Waals surface area contributed by atoms with Gasteiger partial charge in [0.15, 0.2) is 12.2 Å². The molecule has 0 aromatic heterocycles. The molecule has 4 unspecified atom stereocenters. The largest absolute Gasteiger partial charge is 0.472 e. The van der Waals surface area contributed by atoms with Crippen LogP contribution in [0.1, 0.15) is 338 Å². The van der Waals surface area contributed by atoms with Crippen molar-refractivity contribution in [1.29, 1.82) is 0 Å². The van der Waals surface area contributed by atoms with Crippen molar-refractivity contribution in [3.63, 3.8) is 0 Å². The fraction of sp³-hybridized carbons (Fsp3) is 0.942. The summed E-state index contributed by atoms with van der Waals surface area (Å²) >= 11 is 0. The molecule has 17 nitrogen and oxygen atoms in total. The highest BCUT2D eigenvalue weighted by atomic mass is 31.2. The number of aliphatic hydroxyl groups excluding tert-OH is 1. The minimum absolute atomic E-state index is 0.104. The fourth-order valence-corrected chi connectivity index (χ4v) is 11.9. The Kier molecular flexibility index (Phi) is 57.6. The van der Waals surface area contributed by atoms with Crippen molar-refractivity contribution < 1.29 is 80.2 Å². The minimum atomic E-state index is -4.95. The molecule has 0 heterocycles. The molecule has 0 rings (SSSR count). The standard InChI is InChI=1S/C69H134O17P2/c1-59(2)45-37-29-21-13-9-17-25-33-41-49-66(71)79-55-64(85-68(73)51-43-35-27-19-11-15-23-31-39-47-61(5)6)57-83-87(75,76)81-53-63(70)54-82-88(77,78)84-58-65(86-69(74)52-44-36-28-20-12-16-24-32-40-48-62(7)8)56-80-67(72)50-42-34-26-18-10-14-22-30-38-46-60(3)4/h59-65,70H,9-58H2,1-8H3,(H,75,76)(H,77,78). The summed E-state index contributed by atoms with van der Waals surface area (Å²) < 4.78 is 68.2. The van der Waals surface area contributed by atoms with Crippen molar-refractivity contribution in [3.8, 4) is 0 Å². The van der Waals surface area contributed by atoms with E-state index in [1.165, 1.54) is 141 Å². The number of carbonyl (C=O) groups is 4. The van der Waals surface area contributed by atoms with Crippen molar-refractivity contribution in [2.75, 3.05) is 39.6 Å². The summed E-state index contributed by atoms with van der Waals surface area (Å²) in [5, 5.41) is 10.6. The van der Waals surface area contributed by atoms with Gasteiger partial charge in [-0.2, -0.15) is 0 Å². The second-order valence-electron chi connectivity index (χ2n) is 26.8. The molecule has 0 bridgehead atoms. The van der Waals surface area contributed by atoms with Gasteiger partial charge in [-0.15, -0.1) is 0 Å². The number of rotatable bonds is 66. The van der Waals surface area contributed by atoms with E-state index in [9.17, 15) is 43.2 Å². The molecule has 4 atom stereocenters. The number of carbonyl (C=O) groups excluding carboxylic acids is 4. The first kappa shape index (κ1) is 86.1. The molecule has 0 aliphatic carbocycles. The Morgan fingerprint density at radius 1 is 0.284 bits per heavy atom. The van der Waals surface area contributed by atoms with Crippen molar-refractivity contribution in [2.45, 2.75) is 356 Å². The zero-order valence-electron chi connectivity index (χ0n) is 57.3. The van der Waals surface area contributed by atoms with E-state index in [0.717, 1.165) is 114 Å². The highest BCUT2D eigenvalue weighted by Crippen LogP contribution is 2.45. The van der Waals surface area contributed by atoms with Crippen LogP contribution in [-0.4, -0.2) is 96.7 Å². The van der Waals surface area contributed by atoms with E-state index in [0.29, 0.717) is 25.7 Å². The topological polar surface area (TPSA) is 237 Å². The summed E-state index contributed by atoms with van der Waals surface area (Å²) in [7, 11) is -9.90. The quantitative estimate of drug-likeness (QED) is 0.0222. The van der Waals surface area contributed by atoms with Crippen LogP contribution < -0.4 is 0 Å². The minimum Gasteiger partial charge on any atom is -0.462 e. The number of hydrogen-bond donors (Lipinski definition) is 3. The number of phosphoric ester groups is 2. The number of esters is 4. The van der Waals surface area contributed by atoms with Gasteiger partial charge in [-0.25, -0.2) is 9.13 Å². The zero-order valence-corrected chi connectivity index (χ0v) is 59.1. The SMILES string of the molecule is CC(C)CCCCCCCCCCCC(=O)OCC(COP(=O)(O)OCC(O)COP(=O)(O)OCC(COC(=O)CCCCCCCCCCCC(C)C)OC(=O)CCCCCCCCCCCC(C)C)OC(=O)CCCCCCCCCCCC(C)C. The monoisotopic (exact) mass is 1300 g/mol. The van der Waals surface area contributed by atoms with Gasteiger partial charge < -0.3 is 33.8 Å². The van der Waals surface area contributed by atoms with E-state index in [2.05, 4.69) is 55.4 Å². The molecule has 0 amide bonds. The lowest BCUT2D eigenvalue weighted by Gasteiger charge is -2.21. The molecule has 3 N–H and O–H groups in total. The Morgan fingerprint density at radius 3 is 0.705 bits per heavy atom. The molecule has 88 heavy (non-hydrogen) atoms. The van der Waals surface area contributed by atoms with Crippen LogP contribution in [0.25, 0.3) is 0 Å². The van der Waals surface area contributed by atoms with E-state index in [-0.39, 0.29) is 25.7 Å². The van der Waals surface area contributed by atoms with Crippen LogP contribution in [0.3, 0.4) is 0 Å². The zero-order chi connectivity index (χ0) is 65.4. The summed E-state index contributed by atoms with van der Waals surface area (Å²) in [6.07, 6.45) is 40.3. The maximum atomic E-state index is 13.0. The third-order valence-corrected chi connectivity index (χ3v) is 17.7. The second-order valence-corrected chi connectivity index (χ2v) is 29.7. The highest BCUT2D eigenvalue weighted by Gasteiger charge is 2.30. The Bertz CT molecular complexity index is 1630. The summed E-state index contributed by atoms with van der Waals surface area (Å²) in [4.78, 5) is 72.5. The molecule has 0 spiro atoms. The first-order chi connectivity index (χ1) is 42.1. The Labute approximate surface area is 537 Å². The van der Waals surface area contributed by atoms with Gasteiger partial charge in [0.1, 0.15) is 19.3 Å². The van der Waals surface area contributed by atoms with Gasteiger partial charge in [-0.3, -0.25) is 37.3 Å². The van der Waals surface area contributed by atoms with Crippen molar-refractivity contribution >= 4 is 39.5 Å². The predicted molar refractivity (Wildman–Crippen MR) is 354 cm³/mol. The van der Waals surface area contributed by atoms with Gasteiger partial charge in [0.25, 0.3) is 0 Å². The first-order valence-electron chi connectivity index (χ1n) is 35.7. The molecule has 0 aliphatic heterocycles. The highest BCUT2D eigenvalue weighted by molar-refractivity contribution is 7.47. The van der Waals surface area contributed by atoms with E-state index in [1.54, 1.807) is 0 Å². The Balaban J connectivity index is 5.27. The predicted octanol–water partition coefficient (Wildman–Crippen LogP) is 19.3. The summed E-state index contributed by atoms with van der Waals surface area (Å²) in [6.45, 7) is 14.1. The van der Waals surface area contributed by atoms with Crippen LogP contribution in [0, 0.1) is 23.7 Å². The first-order valence-corrected chi connectivity index (χ1v) is 38.7. The summed E-state index contributed by atoms with van der Waals surface area (Å²) in [5.41, 5.74) is 0. The Morgan fingerprint density at radius 2 is 0.477 bits per heavy atom. The summed E-state index contributed by atoms with van der Waals surface area (Å²) in [5.74, 6) is 0.829. The lowest BCUT2D eigenvalue weighted by atomic mass is 10.0. The number of phosphoric acid groups is 2. The average molecular weight is 1300 g/mol. The van der Waals surface area contributed by atoms with Crippen LogP contribution in [0.2, 0.25) is 0 Å². The normalized spacial score (nSPS) is 14.3. The van der Waals surface area contributed by atoms with Gasteiger partial charge in [-0.05, 0) is 49.4 Å². The van der Waals surface area contributed by atoms with Crippen LogP contribution >= 0.6 is 15.6 Å². The van der Waals surface area contributed by atoms with Crippen molar-refractivity contribution in [1.82, 2.24) is 0 Å². The second kappa shape index (κ2) is 58.8. The van der Waals surface area contributed by atoms with E-state index in [4.69, 9.17) is 37.0 Å². The van der Waals surface area contributed by atoms with Gasteiger partial charge in [0, 0.05) is 25.7 Å². The molecule has 0 aromatic rings. The lowest BCUT2D eigenvalue weighted by molar-refractivity contribution is -0.161. The van der Waals surface area contributed by atoms with Crippen LogP contribution in [0.4, 0.5) is 0 Å². The number of hydrogen-bond acceptors (Lipinski definition) is 15. The number of unbranched alkanes of at least 4 members (excludes halogenated alkanes) is 32. The van der Waals surface area contributed by atoms with Gasteiger partial charge in [-0.1, -0.05) is 287 Å². The van der Waals surface area contributed by atoms with E-state index < -0.39 is 97.5 Å². The number of aliphatic hydroxyl groups is 1. The van der Waals surface area contributed by atoms with Crippen LogP contribution in [-0.2, 0) is 65.4 Å². The fourth-order valence-electron chi connectivity index (χ4n) is 10.3. The smallest absolute Gasteiger partial charge is 0.462 e. The lowest BCUT2D eigenvalue weighted by Crippen LogP contribution is -2.30. The van der Waals surface area contributed by atoms with Crippen LogP contribution in [0.15, 0.2) is 0 Å². The molecule has 0 radical (unpaired) electrons. The molecular formula is C69H134O17P2.